The average molecular weight is 564 g/mol. The molecule has 7 nitrogen and oxygen atoms in total. The fourth-order valence-corrected chi connectivity index (χ4v) is 5.61. The number of ether oxygens (including phenoxy) is 2. The summed E-state index contributed by atoms with van der Waals surface area (Å²) < 4.78 is 53.6. The number of carbonyl (C=O) groups excluding carboxylic acids is 1. The molecule has 0 atom stereocenters. The van der Waals surface area contributed by atoms with Gasteiger partial charge in [0.2, 0.25) is 0 Å². The Hall–Kier alpha value is -3.18. The highest BCUT2D eigenvalue weighted by Crippen LogP contribution is 2.36. The Bertz CT molecular complexity index is 1600. The standard InChI is InChI=1S/C26H23ClFNO6S2/c1-26(2,37(31,32)34-4)16-5-6-23-15(7-16)8-24(36-23)25(30)29-19-9-17(27)10-21(13-19)35-22-12-18(28)11-20(14-22)33-3/h5-14H,1-4H3,(H,29,30). The van der Waals surface area contributed by atoms with E-state index >= 15 is 0 Å². The predicted octanol–water partition coefficient (Wildman–Crippen LogP) is 6.96. The molecule has 3 aromatic carbocycles. The summed E-state index contributed by atoms with van der Waals surface area (Å²) >= 11 is 7.48. The SMILES string of the molecule is COc1cc(F)cc(Oc2cc(Cl)cc(NC(=O)c3cc4cc(C(C)(C)S(=O)(=O)OC)ccc4s3)c2)c1. The Labute approximate surface area is 222 Å². The van der Waals surface area contributed by atoms with Gasteiger partial charge in [-0.1, -0.05) is 17.7 Å². The van der Waals surface area contributed by atoms with Crippen molar-refractivity contribution in [1.29, 1.82) is 0 Å². The molecule has 194 valence electrons. The number of fused-ring (bicyclic) bond motifs is 1. The number of anilines is 1. The summed E-state index contributed by atoms with van der Waals surface area (Å²) in [6, 6.07) is 15.5. The highest BCUT2D eigenvalue weighted by atomic mass is 35.5. The molecule has 0 spiro atoms. The van der Waals surface area contributed by atoms with Gasteiger partial charge in [0.1, 0.15) is 27.8 Å². The van der Waals surface area contributed by atoms with E-state index in [-0.39, 0.29) is 17.4 Å². The van der Waals surface area contributed by atoms with Crippen LogP contribution >= 0.6 is 22.9 Å². The van der Waals surface area contributed by atoms with Crippen LogP contribution in [0.3, 0.4) is 0 Å². The lowest BCUT2D eigenvalue weighted by atomic mass is 10.0. The number of hydrogen-bond donors (Lipinski definition) is 1. The van der Waals surface area contributed by atoms with Crippen molar-refractivity contribution in [3.8, 4) is 17.2 Å². The molecule has 11 heteroatoms. The van der Waals surface area contributed by atoms with E-state index in [0.717, 1.165) is 17.2 Å². The second kappa shape index (κ2) is 10.3. The molecule has 0 aliphatic carbocycles. The van der Waals surface area contributed by atoms with Crippen LogP contribution < -0.4 is 14.8 Å². The van der Waals surface area contributed by atoms with Gasteiger partial charge in [0.05, 0.1) is 19.1 Å². The molecule has 1 N–H and O–H groups in total. The topological polar surface area (TPSA) is 90.9 Å². The molecule has 0 saturated carbocycles. The number of amides is 1. The van der Waals surface area contributed by atoms with Crippen LogP contribution in [0.25, 0.3) is 10.1 Å². The molecule has 0 unspecified atom stereocenters. The van der Waals surface area contributed by atoms with Crippen LogP contribution in [0.1, 0.15) is 29.1 Å². The molecule has 1 aromatic heterocycles. The highest BCUT2D eigenvalue weighted by Gasteiger charge is 2.36. The molecule has 4 aromatic rings. The summed E-state index contributed by atoms with van der Waals surface area (Å²) in [6.45, 7) is 3.12. The first-order chi connectivity index (χ1) is 17.4. The Balaban J connectivity index is 1.57. The van der Waals surface area contributed by atoms with Crippen LogP contribution in [-0.2, 0) is 19.0 Å². The Kier molecular flexibility index (Phi) is 7.48. The number of nitrogens with one attached hydrogen (secondary N) is 1. The fourth-order valence-electron chi connectivity index (χ4n) is 3.62. The maximum atomic E-state index is 13.8. The van der Waals surface area contributed by atoms with Gasteiger partial charge < -0.3 is 14.8 Å². The van der Waals surface area contributed by atoms with E-state index in [1.54, 1.807) is 50.2 Å². The Morgan fingerprint density at radius 3 is 2.38 bits per heavy atom. The summed E-state index contributed by atoms with van der Waals surface area (Å²) in [6.07, 6.45) is 0. The zero-order chi connectivity index (χ0) is 27.0. The van der Waals surface area contributed by atoms with E-state index < -0.39 is 20.7 Å². The van der Waals surface area contributed by atoms with E-state index in [9.17, 15) is 17.6 Å². The smallest absolute Gasteiger partial charge is 0.276 e. The molecule has 0 bridgehead atoms. The van der Waals surface area contributed by atoms with Crippen molar-refractivity contribution in [2.45, 2.75) is 18.6 Å². The molecule has 0 radical (unpaired) electrons. The lowest BCUT2D eigenvalue weighted by Crippen LogP contribution is -2.30. The molecule has 0 aliphatic rings. The van der Waals surface area contributed by atoms with Crippen molar-refractivity contribution in [1.82, 2.24) is 0 Å². The van der Waals surface area contributed by atoms with Gasteiger partial charge >= 0.3 is 0 Å². The molecule has 0 fully saturated rings. The molecule has 1 amide bonds. The zero-order valence-corrected chi connectivity index (χ0v) is 22.7. The third kappa shape index (κ3) is 5.72. The summed E-state index contributed by atoms with van der Waals surface area (Å²) in [5, 5.41) is 3.82. The molecular weight excluding hydrogens is 541 g/mol. The van der Waals surface area contributed by atoms with Gasteiger partial charge in [-0.15, -0.1) is 11.3 Å². The van der Waals surface area contributed by atoms with E-state index in [2.05, 4.69) is 5.32 Å². The maximum Gasteiger partial charge on any atom is 0.276 e. The fraction of sp³-hybridized carbons (Fsp3) is 0.192. The summed E-state index contributed by atoms with van der Waals surface area (Å²) in [5.41, 5.74) is 0.915. The Morgan fingerprint density at radius 2 is 1.68 bits per heavy atom. The van der Waals surface area contributed by atoms with Crippen molar-refractivity contribution in [2.75, 3.05) is 19.5 Å². The molecule has 37 heavy (non-hydrogen) atoms. The van der Waals surface area contributed by atoms with Crippen molar-refractivity contribution in [2.24, 2.45) is 0 Å². The lowest BCUT2D eigenvalue weighted by molar-refractivity contribution is 0.103. The van der Waals surface area contributed by atoms with E-state index in [0.29, 0.717) is 26.9 Å². The van der Waals surface area contributed by atoms with Crippen LogP contribution in [-0.4, -0.2) is 28.5 Å². The second-order valence-electron chi connectivity index (χ2n) is 8.55. The summed E-state index contributed by atoms with van der Waals surface area (Å²) in [4.78, 5) is 13.4. The van der Waals surface area contributed by atoms with E-state index in [4.69, 9.17) is 25.3 Å². The molecule has 0 saturated heterocycles. The minimum Gasteiger partial charge on any atom is -0.497 e. The minimum atomic E-state index is -3.83. The third-order valence-corrected chi connectivity index (χ3v) is 8.98. The van der Waals surface area contributed by atoms with Gasteiger partial charge in [-0.2, -0.15) is 8.42 Å². The average Bonchev–Trinajstić information content (AvgIpc) is 3.27. The predicted molar refractivity (Wildman–Crippen MR) is 143 cm³/mol. The van der Waals surface area contributed by atoms with Gasteiger partial charge in [0, 0.05) is 39.7 Å². The van der Waals surface area contributed by atoms with Crippen LogP contribution in [0.5, 0.6) is 17.2 Å². The van der Waals surface area contributed by atoms with Crippen LogP contribution in [0, 0.1) is 5.82 Å². The highest BCUT2D eigenvalue weighted by molar-refractivity contribution is 7.87. The zero-order valence-electron chi connectivity index (χ0n) is 20.3. The van der Waals surface area contributed by atoms with Crippen molar-refractivity contribution >= 4 is 54.7 Å². The minimum absolute atomic E-state index is 0.204. The number of methoxy groups -OCH3 is 1. The number of rotatable bonds is 8. The van der Waals surface area contributed by atoms with Crippen LogP contribution in [0.15, 0.2) is 60.7 Å². The summed E-state index contributed by atoms with van der Waals surface area (Å²) in [5.74, 6) is -0.122. The second-order valence-corrected chi connectivity index (χ2v) is 12.3. The van der Waals surface area contributed by atoms with Gasteiger partial charge in [0.25, 0.3) is 16.0 Å². The van der Waals surface area contributed by atoms with Gasteiger partial charge in [-0.05, 0) is 55.1 Å². The lowest BCUT2D eigenvalue weighted by Gasteiger charge is -2.23. The molecule has 4 rings (SSSR count). The number of thiophene rings is 1. The number of carbonyl (C=O) groups is 1. The largest absolute Gasteiger partial charge is 0.497 e. The first-order valence-corrected chi connectivity index (χ1v) is 13.5. The number of benzene rings is 3. The molecule has 0 aliphatic heterocycles. The third-order valence-electron chi connectivity index (χ3n) is 5.73. The first-order valence-electron chi connectivity index (χ1n) is 10.9. The van der Waals surface area contributed by atoms with E-state index in [1.807, 2.05) is 0 Å². The van der Waals surface area contributed by atoms with Gasteiger partial charge in [0.15, 0.2) is 0 Å². The van der Waals surface area contributed by atoms with Crippen molar-refractivity contribution in [3.05, 3.63) is 81.9 Å². The summed E-state index contributed by atoms with van der Waals surface area (Å²) in [7, 11) is -1.29. The molecular formula is C26H23ClFNO6S2. The quantitative estimate of drug-likeness (QED) is 0.233. The van der Waals surface area contributed by atoms with Gasteiger partial charge in [-0.3, -0.25) is 8.98 Å². The van der Waals surface area contributed by atoms with Crippen LogP contribution in [0.4, 0.5) is 10.1 Å². The van der Waals surface area contributed by atoms with E-state index in [1.165, 1.54) is 42.7 Å². The number of halogens is 2. The van der Waals surface area contributed by atoms with Crippen molar-refractivity contribution in [3.63, 3.8) is 0 Å². The first kappa shape index (κ1) is 26.9. The Morgan fingerprint density at radius 1 is 0.973 bits per heavy atom. The normalized spacial score (nSPS) is 11.9. The van der Waals surface area contributed by atoms with Crippen molar-refractivity contribution < 1.29 is 31.3 Å². The molecule has 1 heterocycles. The van der Waals surface area contributed by atoms with Gasteiger partial charge in [-0.25, -0.2) is 4.39 Å². The maximum absolute atomic E-state index is 13.8. The van der Waals surface area contributed by atoms with Crippen LogP contribution in [0.2, 0.25) is 5.02 Å². The number of hydrogen-bond acceptors (Lipinski definition) is 7. The monoisotopic (exact) mass is 563 g/mol.